The van der Waals surface area contributed by atoms with Gasteiger partial charge in [0.2, 0.25) is 0 Å². The number of rotatable bonds is 2. The molecule has 0 atom stereocenters. The zero-order chi connectivity index (χ0) is 14.1. The molecule has 0 spiro atoms. The second-order valence-electron chi connectivity index (χ2n) is 4.37. The maximum absolute atomic E-state index is 11.3. The highest BCUT2D eigenvalue weighted by atomic mass is 32.2. The molecule has 0 saturated carbocycles. The van der Waals surface area contributed by atoms with E-state index in [1.807, 2.05) is 25.1 Å². The number of pyridine rings is 1. The molecule has 1 aromatic carbocycles. The molecular formula is C14H12N4OS. The smallest absolute Gasteiger partial charge is 0.251 e. The van der Waals surface area contributed by atoms with Gasteiger partial charge in [-0.1, -0.05) is 11.8 Å². The summed E-state index contributed by atoms with van der Waals surface area (Å²) in [5.74, 6) is 0. The number of fused-ring (bicyclic) bond motifs is 1. The molecule has 0 radical (unpaired) electrons. The topological polar surface area (TPSA) is 84.7 Å². The number of aromatic nitrogens is 3. The van der Waals surface area contributed by atoms with E-state index in [4.69, 9.17) is 5.73 Å². The molecule has 100 valence electrons. The highest BCUT2D eigenvalue weighted by Crippen LogP contribution is 2.33. The van der Waals surface area contributed by atoms with Crippen LogP contribution in [0.5, 0.6) is 0 Å². The number of hydrogen-bond donors (Lipinski definition) is 2. The van der Waals surface area contributed by atoms with E-state index >= 15 is 0 Å². The van der Waals surface area contributed by atoms with Crippen molar-refractivity contribution < 1.29 is 0 Å². The van der Waals surface area contributed by atoms with E-state index in [9.17, 15) is 4.79 Å². The van der Waals surface area contributed by atoms with Crippen LogP contribution in [0.25, 0.3) is 10.8 Å². The summed E-state index contributed by atoms with van der Waals surface area (Å²) in [4.78, 5) is 23.4. The summed E-state index contributed by atoms with van der Waals surface area (Å²) in [6.07, 6.45) is 3.26. The fraction of sp³-hybridized carbons (Fsp3) is 0.0714. The number of nitrogens with zero attached hydrogens (tertiary/aromatic N) is 2. The fourth-order valence-electron chi connectivity index (χ4n) is 1.94. The summed E-state index contributed by atoms with van der Waals surface area (Å²) in [5.41, 5.74) is 7.41. The van der Waals surface area contributed by atoms with E-state index in [1.165, 1.54) is 24.0 Å². The Balaban J connectivity index is 2.14. The highest BCUT2D eigenvalue weighted by molar-refractivity contribution is 7.99. The molecular weight excluding hydrogens is 272 g/mol. The molecule has 20 heavy (non-hydrogen) atoms. The van der Waals surface area contributed by atoms with Crippen molar-refractivity contribution in [1.82, 2.24) is 15.0 Å². The number of aromatic amines is 1. The molecule has 5 nitrogen and oxygen atoms in total. The van der Waals surface area contributed by atoms with Gasteiger partial charge in [-0.05, 0) is 25.1 Å². The maximum atomic E-state index is 11.3. The van der Waals surface area contributed by atoms with E-state index in [0.717, 1.165) is 21.4 Å². The van der Waals surface area contributed by atoms with Crippen LogP contribution < -0.4 is 11.3 Å². The molecule has 2 heterocycles. The van der Waals surface area contributed by atoms with E-state index < -0.39 is 0 Å². The molecule has 6 heteroatoms. The molecule has 0 amide bonds. The Labute approximate surface area is 119 Å². The SMILES string of the molecule is Cc1cc2c(Sc3nccc(=O)[nH]3)ccc(N)c2cn1. The monoisotopic (exact) mass is 284 g/mol. The Morgan fingerprint density at radius 2 is 2.05 bits per heavy atom. The standard InChI is InChI=1S/C14H12N4OS/c1-8-6-9-10(7-17-8)11(15)2-3-12(9)20-14-16-5-4-13(19)18-14/h2-7H,15H2,1H3,(H,16,18,19). The average molecular weight is 284 g/mol. The summed E-state index contributed by atoms with van der Waals surface area (Å²) in [7, 11) is 0. The number of H-pyrrole nitrogens is 1. The van der Waals surface area contributed by atoms with Crippen molar-refractivity contribution in [3.63, 3.8) is 0 Å². The predicted octanol–water partition coefficient (Wildman–Crippen LogP) is 2.36. The van der Waals surface area contributed by atoms with Crippen molar-refractivity contribution in [3.05, 3.63) is 52.7 Å². The lowest BCUT2D eigenvalue weighted by molar-refractivity contribution is 0.937. The highest BCUT2D eigenvalue weighted by Gasteiger charge is 2.08. The van der Waals surface area contributed by atoms with Gasteiger partial charge < -0.3 is 10.7 Å². The van der Waals surface area contributed by atoms with Crippen molar-refractivity contribution in [2.24, 2.45) is 0 Å². The fourth-order valence-corrected chi connectivity index (χ4v) is 2.82. The van der Waals surface area contributed by atoms with Gasteiger partial charge in [-0.25, -0.2) is 4.98 Å². The molecule has 0 unspecified atom stereocenters. The number of anilines is 1. The van der Waals surface area contributed by atoms with Gasteiger partial charge in [0.05, 0.1) is 0 Å². The third-order valence-corrected chi connectivity index (χ3v) is 3.86. The van der Waals surface area contributed by atoms with Crippen LogP contribution in [0.15, 0.2) is 51.5 Å². The minimum absolute atomic E-state index is 0.167. The summed E-state index contributed by atoms with van der Waals surface area (Å²) in [6, 6.07) is 7.13. The van der Waals surface area contributed by atoms with Crippen LogP contribution in [0.3, 0.4) is 0 Å². The molecule has 2 aromatic heterocycles. The molecule has 0 bridgehead atoms. The first-order chi connectivity index (χ1) is 9.63. The Morgan fingerprint density at radius 1 is 1.20 bits per heavy atom. The second-order valence-corrected chi connectivity index (χ2v) is 5.40. The van der Waals surface area contributed by atoms with Gasteiger partial charge in [-0.15, -0.1) is 0 Å². The van der Waals surface area contributed by atoms with Gasteiger partial charge in [0, 0.05) is 45.5 Å². The Hall–Kier alpha value is -2.34. The Morgan fingerprint density at radius 3 is 2.85 bits per heavy atom. The van der Waals surface area contributed by atoms with E-state index in [1.54, 1.807) is 6.20 Å². The van der Waals surface area contributed by atoms with Crippen molar-refractivity contribution in [2.45, 2.75) is 17.0 Å². The van der Waals surface area contributed by atoms with Gasteiger partial charge >= 0.3 is 0 Å². The third-order valence-electron chi connectivity index (χ3n) is 2.89. The summed E-state index contributed by atoms with van der Waals surface area (Å²) < 4.78 is 0. The molecule has 0 aliphatic carbocycles. The number of nitrogen functional groups attached to an aromatic ring is 1. The van der Waals surface area contributed by atoms with Gasteiger partial charge in [0.1, 0.15) is 0 Å². The first-order valence-electron chi connectivity index (χ1n) is 6.01. The quantitative estimate of drug-likeness (QED) is 0.557. The van der Waals surface area contributed by atoms with Crippen LogP contribution in [0.4, 0.5) is 5.69 Å². The zero-order valence-corrected chi connectivity index (χ0v) is 11.6. The molecule has 0 saturated heterocycles. The van der Waals surface area contributed by atoms with E-state index in [-0.39, 0.29) is 5.56 Å². The van der Waals surface area contributed by atoms with Crippen molar-refractivity contribution >= 4 is 28.2 Å². The molecule has 0 aliphatic rings. The van der Waals surface area contributed by atoms with Gasteiger partial charge in [-0.3, -0.25) is 9.78 Å². The molecule has 3 aromatic rings. The molecule has 3 rings (SSSR count). The minimum Gasteiger partial charge on any atom is -0.398 e. The second kappa shape index (κ2) is 4.97. The molecule has 0 aliphatic heterocycles. The summed E-state index contributed by atoms with van der Waals surface area (Å²) >= 11 is 1.40. The largest absolute Gasteiger partial charge is 0.398 e. The lowest BCUT2D eigenvalue weighted by Crippen LogP contribution is -2.05. The van der Waals surface area contributed by atoms with Gasteiger partial charge in [-0.2, -0.15) is 0 Å². The predicted molar refractivity (Wildman–Crippen MR) is 79.9 cm³/mol. The minimum atomic E-state index is -0.167. The van der Waals surface area contributed by atoms with Gasteiger partial charge in [0.15, 0.2) is 5.16 Å². The number of benzene rings is 1. The van der Waals surface area contributed by atoms with Crippen LogP contribution in [-0.4, -0.2) is 15.0 Å². The van der Waals surface area contributed by atoms with Crippen molar-refractivity contribution in [3.8, 4) is 0 Å². The number of hydrogen-bond acceptors (Lipinski definition) is 5. The van der Waals surface area contributed by atoms with Crippen LogP contribution in [0.2, 0.25) is 0 Å². The van der Waals surface area contributed by atoms with Crippen LogP contribution >= 0.6 is 11.8 Å². The van der Waals surface area contributed by atoms with E-state index in [0.29, 0.717) is 10.8 Å². The average Bonchev–Trinajstić information content (AvgIpc) is 2.42. The van der Waals surface area contributed by atoms with Crippen LogP contribution in [0.1, 0.15) is 5.69 Å². The van der Waals surface area contributed by atoms with Gasteiger partial charge in [0.25, 0.3) is 5.56 Å². The number of nitrogens with one attached hydrogen (secondary N) is 1. The summed E-state index contributed by atoms with van der Waals surface area (Å²) in [5, 5.41) is 2.46. The van der Waals surface area contributed by atoms with E-state index in [2.05, 4.69) is 15.0 Å². The molecule has 3 N–H and O–H groups in total. The molecule has 0 fully saturated rings. The Kier molecular flexibility index (Phi) is 3.15. The lowest BCUT2D eigenvalue weighted by Gasteiger charge is -2.08. The Bertz CT molecular complexity index is 844. The third kappa shape index (κ3) is 2.37. The van der Waals surface area contributed by atoms with Crippen molar-refractivity contribution in [1.29, 1.82) is 0 Å². The van der Waals surface area contributed by atoms with Crippen LogP contribution in [0, 0.1) is 6.92 Å². The van der Waals surface area contributed by atoms with Crippen LogP contribution in [-0.2, 0) is 0 Å². The zero-order valence-electron chi connectivity index (χ0n) is 10.8. The first kappa shape index (κ1) is 12.7. The summed E-state index contributed by atoms with van der Waals surface area (Å²) in [6.45, 7) is 1.93. The normalized spacial score (nSPS) is 10.8. The number of aryl methyl sites for hydroxylation is 1. The van der Waals surface area contributed by atoms with Crippen molar-refractivity contribution in [2.75, 3.05) is 5.73 Å². The number of nitrogens with two attached hydrogens (primary N) is 1. The lowest BCUT2D eigenvalue weighted by atomic mass is 10.1. The first-order valence-corrected chi connectivity index (χ1v) is 6.83. The maximum Gasteiger partial charge on any atom is 0.251 e.